The van der Waals surface area contributed by atoms with Crippen molar-refractivity contribution in [2.75, 3.05) is 0 Å². The monoisotopic (exact) mass is 816 g/mol. The molecule has 7 aromatic carbocycles. The van der Waals surface area contributed by atoms with E-state index in [-0.39, 0.29) is 23.1 Å². The van der Waals surface area contributed by atoms with E-state index in [1.54, 1.807) is 30.3 Å². The Kier molecular flexibility index (Phi) is 8.19. The van der Waals surface area contributed by atoms with Crippen LogP contribution in [0, 0.1) is 0 Å². The van der Waals surface area contributed by atoms with E-state index in [0.29, 0.717) is 39.2 Å². The largest absolute Gasteiger partial charge is 0.507 e. The second-order valence-electron chi connectivity index (χ2n) is 16.6. The highest BCUT2D eigenvalue weighted by Crippen LogP contribution is 2.45. The summed E-state index contributed by atoms with van der Waals surface area (Å²) in [6, 6.07) is 53.9. The van der Waals surface area contributed by atoms with Gasteiger partial charge in [0, 0.05) is 35.2 Å². The van der Waals surface area contributed by atoms with E-state index < -0.39 is 26.0 Å². The van der Waals surface area contributed by atoms with Crippen molar-refractivity contribution >= 4 is 11.0 Å². The summed E-state index contributed by atoms with van der Waals surface area (Å²) in [5.74, 6) is 0.412. The summed E-state index contributed by atoms with van der Waals surface area (Å²) in [5.41, 5.74) is 8.39. The summed E-state index contributed by atoms with van der Waals surface area (Å²) < 4.78 is 79.3. The Hall–Kier alpha value is -7.04. The number of rotatable bonds is 9. The highest BCUT2D eigenvalue weighted by Gasteiger charge is 2.26. The van der Waals surface area contributed by atoms with Crippen molar-refractivity contribution in [3.63, 3.8) is 0 Å². The molecular formula is C58H53N3O. The summed E-state index contributed by atoms with van der Waals surface area (Å²) in [7, 11) is 0. The second kappa shape index (κ2) is 16.4. The van der Waals surface area contributed by atoms with Crippen LogP contribution in [0.2, 0.25) is 0 Å². The third-order valence-electron chi connectivity index (χ3n) is 11.6. The zero-order chi connectivity index (χ0) is 50.6. The van der Waals surface area contributed by atoms with Gasteiger partial charge in [0.1, 0.15) is 11.6 Å². The molecule has 9 aromatic rings. The normalized spacial score (nSPS) is 14.6. The van der Waals surface area contributed by atoms with Gasteiger partial charge < -0.3 is 5.11 Å². The summed E-state index contributed by atoms with van der Waals surface area (Å²) >= 11 is 0. The molecule has 2 aromatic heterocycles. The summed E-state index contributed by atoms with van der Waals surface area (Å²) in [5, 5.41) is 12.4. The van der Waals surface area contributed by atoms with Gasteiger partial charge >= 0.3 is 0 Å². The molecule has 62 heavy (non-hydrogen) atoms. The maximum Gasteiger partial charge on any atom is 0.149 e. The van der Waals surface area contributed by atoms with Crippen LogP contribution in [0.5, 0.6) is 5.75 Å². The number of fused-ring (bicyclic) bond motifs is 1. The van der Waals surface area contributed by atoms with Crippen molar-refractivity contribution in [1.82, 2.24) is 14.5 Å². The van der Waals surface area contributed by atoms with Crippen LogP contribution in [0.1, 0.15) is 89.1 Å². The number of aromatic nitrogens is 3. The lowest BCUT2D eigenvalue weighted by atomic mass is 9.85. The van der Waals surface area contributed by atoms with Crippen molar-refractivity contribution in [2.45, 2.75) is 65.5 Å². The summed E-state index contributed by atoms with van der Waals surface area (Å²) in [6.07, 6.45) is 1.82. The lowest BCUT2D eigenvalue weighted by Gasteiger charge is -2.23. The fourth-order valence-electron chi connectivity index (χ4n) is 8.32. The standard InChI is InChI=1S/C58H53N3O/c1-37(2)43-33-49(38(3)4)56(62)51(34-43)57-60-55-48(24-17-25-54(55)61(57)53-27-26-47(58(5,6)7)36-50(53)41-22-15-10-16-23-41)45-30-44(40-20-13-9-14-21-40)31-46(32-45)52-35-42(28-29-59-52)39-18-11-8-12-19-39/h8-38,62H,1-7H3/i5D3,6D3,7D3. The average molecular weight is 817 g/mol. The molecule has 0 saturated heterocycles. The lowest BCUT2D eigenvalue weighted by Crippen LogP contribution is -2.12. The summed E-state index contributed by atoms with van der Waals surface area (Å²) in [6.45, 7) is -2.24. The van der Waals surface area contributed by atoms with Gasteiger partial charge in [0.05, 0.1) is 28.0 Å². The number of phenols is 1. The van der Waals surface area contributed by atoms with Crippen molar-refractivity contribution in [1.29, 1.82) is 0 Å². The van der Waals surface area contributed by atoms with Crippen molar-refractivity contribution in [2.24, 2.45) is 0 Å². The van der Waals surface area contributed by atoms with Gasteiger partial charge in [-0.2, -0.15) is 0 Å². The Balaban J connectivity index is 1.39. The van der Waals surface area contributed by atoms with Gasteiger partial charge in [-0.25, -0.2) is 4.98 Å². The molecule has 0 fully saturated rings. The van der Waals surface area contributed by atoms with Crippen LogP contribution in [-0.4, -0.2) is 19.6 Å². The van der Waals surface area contributed by atoms with Gasteiger partial charge in [0.15, 0.2) is 0 Å². The van der Waals surface area contributed by atoms with Crippen molar-refractivity contribution in [3.8, 4) is 78.6 Å². The molecule has 4 heteroatoms. The number of pyridine rings is 1. The molecule has 1 N–H and O–H groups in total. The van der Waals surface area contributed by atoms with Crippen LogP contribution in [-0.2, 0) is 5.41 Å². The zero-order valence-corrected chi connectivity index (χ0v) is 35.2. The number of hydrogen-bond donors (Lipinski definition) is 1. The van der Waals surface area contributed by atoms with Gasteiger partial charge in [-0.1, -0.05) is 164 Å². The first-order chi connectivity index (χ1) is 33.7. The predicted molar refractivity (Wildman–Crippen MR) is 260 cm³/mol. The van der Waals surface area contributed by atoms with Crippen LogP contribution >= 0.6 is 0 Å². The smallest absolute Gasteiger partial charge is 0.149 e. The number of benzene rings is 7. The molecule has 2 heterocycles. The molecule has 0 radical (unpaired) electrons. The lowest BCUT2D eigenvalue weighted by molar-refractivity contribution is 0.466. The van der Waals surface area contributed by atoms with Gasteiger partial charge in [-0.3, -0.25) is 9.55 Å². The fraction of sp³-hybridized carbons (Fsp3) is 0.172. The molecule has 4 nitrogen and oxygen atoms in total. The molecule has 0 aliphatic heterocycles. The molecule has 306 valence electrons. The molecule has 0 aliphatic carbocycles. The first kappa shape index (κ1) is 30.9. The van der Waals surface area contributed by atoms with Gasteiger partial charge in [-0.15, -0.1) is 0 Å². The van der Waals surface area contributed by atoms with E-state index in [4.69, 9.17) is 22.3 Å². The van der Waals surface area contributed by atoms with Crippen LogP contribution in [0.3, 0.4) is 0 Å². The fourth-order valence-corrected chi connectivity index (χ4v) is 8.32. The Bertz CT molecular complexity index is 3360. The average Bonchev–Trinajstić information content (AvgIpc) is 3.73. The third-order valence-corrected chi connectivity index (χ3v) is 11.6. The van der Waals surface area contributed by atoms with Crippen molar-refractivity contribution in [3.05, 3.63) is 193 Å². The maximum absolute atomic E-state index is 12.4. The first-order valence-electron chi connectivity index (χ1n) is 25.5. The van der Waals surface area contributed by atoms with E-state index in [1.165, 1.54) is 12.1 Å². The van der Waals surface area contributed by atoms with E-state index in [2.05, 4.69) is 62.4 Å². The number of para-hydroxylation sites is 1. The Morgan fingerprint density at radius 2 is 1.18 bits per heavy atom. The van der Waals surface area contributed by atoms with Gasteiger partial charge in [-0.05, 0) is 122 Å². The van der Waals surface area contributed by atoms with E-state index >= 15 is 0 Å². The highest BCUT2D eigenvalue weighted by atomic mass is 16.3. The quantitative estimate of drug-likeness (QED) is 0.158. The minimum atomic E-state index is -3.48. The third kappa shape index (κ3) is 7.74. The molecule has 0 unspecified atom stereocenters. The predicted octanol–water partition coefficient (Wildman–Crippen LogP) is 15.7. The topological polar surface area (TPSA) is 50.9 Å². The molecule has 0 aliphatic rings. The molecule has 0 saturated carbocycles. The summed E-state index contributed by atoms with van der Waals surface area (Å²) in [4.78, 5) is 10.4. The van der Waals surface area contributed by atoms with Crippen LogP contribution in [0.15, 0.2) is 176 Å². The molecule has 9 rings (SSSR count). The number of nitrogens with zero attached hydrogens (tertiary/aromatic N) is 3. The van der Waals surface area contributed by atoms with Crippen LogP contribution < -0.4 is 0 Å². The highest BCUT2D eigenvalue weighted by molar-refractivity contribution is 5.98. The second-order valence-corrected chi connectivity index (χ2v) is 16.6. The molecule has 0 bridgehead atoms. The Morgan fingerprint density at radius 1 is 0.532 bits per heavy atom. The minimum absolute atomic E-state index is 0.0457. The van der Waals surface area contributed by atoms with Crippen LogP contribution in [0.4, 0.5) is 0 Å². The minimum Gasteiger partial charge on any atom is -0.507 e. The van der Waals surface area contributed by atoms with Gasteiger partial charge in [0.25, 0.3) is 0 Å². The Morgan fingerprint density at radius 3 is 1.84 bits per heavy atom. The van der Waals surface area contributed by atoms with Gasteiger partial charge in [0.2, 0.25) is 0 Å². The number of hydrogen-bond acceptors (Lipinski definition) is 3. The molecule has 0 atom stereocenters. The van der Waals surface area contributed by atoms with Crippen molar-refractivity contribution < 1.29 is 17.4 Å². The number of aromatic hydroxyl groups is 1. The maximum atomic E-state index is 12.4. The van der Waals surface area contributed by atoms with Crippen LogP contribution in [0.25, 0.3) is 83.9 Å². The number of imidazole rings is 1. The first-order valence-corrected chi connectivity index (χ1v) is 21.0. The molecule has 0 amide bonds. The Labute approximate surface area is 378 Å². The number of phenolic OH excluding ortho intramolecular Hbond substituents is 1. The van der Waals surface area contributed by atoms with E-state index in [9.17, 15) is 5.11 Å². The molecular weight excluding hydrogens is 755 g/mol. The molecule has 0 spiro atoms. The zero-order valence-electron chi connectivity index (χ0n) is 44.2. The SMILES string of the molecule is [2H]C([2H])([2H])C(c1ccc(-n2c(-c3cc(C(C)C)cc(C(C)C)c3O)nc3c(-c4cc(-c5ccccc5)cc(-c5cc(-c6ccccc6)ccn5)c4)cccc32)c(-c2ccccc2)c1)(C([2H])([2H])[2H])C([2H])([2H])[2H]. The van der Waals surface area contributed by atoms with E-state index in [1.807, 2.05) is 103 Å². The van der Waals surface area contributed by atoms with E-state index in [0.717, 1.165) is 55.8 Å².